The van der Waals surface area contributed by atoms with Gasteiger partial charge in [-0.05, 0) is 0 Å². The highest BCUT2D eigenvalue weighted by atomic mass is 35.5. The molecule has 74 valence electrons. The SMILES string of the molecule is C#CCNc1cc(Cl)nc(COC)n1. The highest BCUT2D eigenvalue weighted by Gasteiger charge is 2.01. The van der Waals surface area contributed by atoms with Crippen molar-refractivity contribution in [1.29, 1.82) is 0 Å². The minimum Gasteiger partial charge on any atom is -0.377 e. The lowest BCUT2D eigenvalue weighted by Gasteiger charge is -2.04. The fourth-order valence-corrected chi connectivity index (χ4v) is 1.09. The topological polar surface area (TPSA) is 47.0 Å². The van der Waals surface area contributed by atoms with Gasteiger partial charge in [0.05, 0.1) is 6.54 Å². The first-order valence-corrected chi connectivity index (χ1v) is 4.33. The predicted molar refractivity (Wildman–Crippen MR) is 55.1 cm³/mol. The van der Waals surface area contributed by atoms with E-state index in [1.165, 1.54) is 0 Å². The summed E-state index contributed by atoms with van der Waals surface area (Å²) in [6.07, 6.45) is 5.10. The Kier molecular flexibility index (Phi) is 4.17. The number of ether oxygens (including phenoxy) is 1. The first kappa shape index (κ1) is 10.8. The lowest BCUT2D eigenvalue weighted by molar-refractivity contribution is 0.178. The molecule has 5 heteroatoms. The van der Waals surface area contributed by atoms with Crippen LogP contribution in [0.2, 0.25) is 5.15 Å². The molecule has 1 heterocycles. The van der Waals surface area contributed by atoms with E-state index in [9.17, 15) is 0 Å². The Morgan fingerprint density at radius 3 is 3.07 bits per heavy atom. The molecule has 14 heavy (non-hydrogen) atoms. The largest absolute Gasteiger partial charge is 0.377 e. The van der Waals surface area contributed by atoms with Crippen molar-refractivity contribution in [3.05, 3.63) is 17.0 Å². The van der Waals surface area contributed by atoms with Crippen molar-refractivity contribution in [3.8, 4) is 12.3 Å². The lowest BCUT2D eigenvalue weighted by Crippen LogP contribution is -2.05. The molecule has 0 radical (unpaired) electrons. The van der Waals surface area contributed by atoms with E-state index < -0.39 is 0 Å². The van der Waals surface area contributed by atoms with Gasteiger partial charge in [-0.15, -0.1) is 6.42 Å². The van der Waals surface area contributed by atoms with Crippen LogP contribution in [0.15, 0.2) is 6.07 Å². The highest BCUT2D eigenvalue weighted by Crippen LogP contribution is 2.11. The first-order valence-electron chi connectivity index (χ1n) is 3.96. The maximum atomic E-state index is 5.77. The molecule has 0 aromatic carbocycles. The number of nitrogens with one attached hydrogen (secondary N) is 1. The van der Waals surface area contributed by atoms with Crippen LogP contribution >= 0.6 is 11.6 Å². The van der Waals surface area contributed by atoms with Gasteiger partial charge in [-0.2, -0.15) is 0 Å². The monoisotopic (exact) mass is 211 g/mol. The van der Waals surface area contributed by atoms with Crippen LogP contribution in [0.5, 0.6) is 0 Å². The molecule has 0 amide bonds. The van der Waals surface area contributed by atoms with Crippen molar-refractivity contribution in [3.63, 3.8) is 0 Å². The Morgan fingerprint density at radius 2 is 2.43 bits per heavy atom. The van der Waals surface area contributed by atoms with Gasteiger partial charge in [-0.25, -0.2) is 9.97 Å². The van der Waals surface area contributed by atoms with Crippen molar-refractivity contribution < 1.29 is 4.74 Å². The van der Waals surface area contributed by atoms with Gasteiger partial charge in [0.2, 0.25) is 0 Å². The summed E-state index contributed by atoms with van der Waals surface area (Å²) in [5.41, 5.74) is 0. The van der Waals surface area contributed by atoms with Crippen molar-refractivity contribution in [1.82, 2.24) is 9.97 Å². The first-order chi connectivity index (χ1) is 6.76. The van der Waals surface area contributed by atoms with E-state index in [-0.39, 0.29) is 0 Å². The van der Waals surface area contributed by atoms with Crippen LogP contribution in [0.3, 0.4) is 0 Å². The van der Waals surface area contributed by atoms with Crippen LogP contribution in [0.1, 0.15) is 5.82 Å². The summed E-state index contributed by atoms with van der Waals surface area (Å²) in [4.78, 5) is 8.10. The summed E-state index contributed by atoms with van der Waals surface area (Å²) in [5, 5.41) is 3.27. The van der Waals surface area contributed by atoms with Crippen molar-refractivity contribution in [2.75, 3.05) is 19.0 Å². The van der Waals surface area contributed by atoms with E-state index >= 15 is 0 Å². The van der Waals surface area contributed by atoms with Crippen LogP contribution in [-0.4, -0.2) is 23.6 Å². The van der Waals surface area contributed by atoms with E-state index in [4.69, 9.17) is 22.8 Å². The Labute approximate surface area is 87.7 Å². The van der Waals surface area contributed by atoms with Crippen LogP contribution in [0, 0.1) is 12.3 Å². The number of anilines is 1. The van der Waals surface area contributed by atoms with E-state index in [0.717, 1.165) is 0 Å². The van der Waals surface area contributed by atoms with Crippen molar-refractivity contribution in [2.24, 2.45) is 0 Å². The number of nitrogens with zero attached hydrogens (tertiary/aromatic N) is 2. The summed E-state index contributed by atoms with van der Waals surface area (Å²) < 4.78 is 4.89. The molecule has 0 aliphatic heterocycles. The van der Waals surface area contributed by atoms with Gasteiger partial charge in [-0.1, -0.05) is 17.5 Å². The number of halogens is 1. The van der Waals surface area contributed by atoms with Gasteiger partial charge in [0.1, 0.15) is 17.6 Å². The van der Waals surface area contributed by atoms with Crippen molar-refractivity contribution in [2.45, 2.75) is 6.61 Å². The van der Waals surface area contributed by atoms with E-state index in [1.54, 1.807) is 13.2 Å². The summed E-state index contributed by atoms with van der Waals surface area (Å²) in [5.74, 6) is 3.58. The smallest absolute Gasteiger partial charge is 0.158 e. The Hall–Kier alpha value is -1.31. The molecular weight excluding hydrogens is 202 g/mol. The molecule has 4 nitrogen and oxygen atoms in total. The van der Waals surface area contributed by atoms with Crippen LogP contribution in [0.25, 0.3) is 0 Å². The van der Waals surface area contributed by atoms with Gasteiger partial charge in [-0.3, -0.25) is 0 Å². The molecule has 0 aliphatic carbocycles. The standard InChI is InChI=1S/C9H10ClN3O/c1-3-4-11-8-5-7(10)12-9(13-8)6-14-2/h1,5H,4,6H2,2H3,(H,11,12,13). The van der Waals surface area contributed by atoms with Gasteiger partial charge < -0.3 is 10.1 Å². The summed E-state index contributed by atoms with van der Waals surface area (Å²) in [6.45, 7) is 0.727. The van der Waals surface area contributed by atoms with E-state index in [1.807, 2.05) is 0 Å². The number of aromatic nitrogens is 2. The second kappa shape index (κ2) is 5.43. The molecule has 0 spiro atoms. The van der Waals surface area contributed by atoms with Crippen molar-refractivity contribution >= 4 is 17.4 Å². The second-order valence-electron chi connectivity index (χ2n) is 2.48. The maximum Gasteiger partial charge on any atom is 0.158 e. The van der Waals surface area contributed by atoms with Crippen LogP contribution < -0.4 is 5.32 Å². The molecule has 0 atom stereocenters. The molecule has 1 aromatic rings. The second-order valence-corrected chi connectivity index (χ2v) is 2.87. The normalized spacial score (nSPS) is 9.50. The molecule has 1 rings (SSSR count). The van der Waals surface area contributed by atoms with Crippen LogP contribution in [-0.2, 0) is 11.3 Å². The zero-order valence-electron chi connectivity index (χ0n) is 7.75. The Bertz CT molecular complexity index is 348. The minimum absolute atomic E-state index is 0.325. The fraction of sp³-hybridized carbons (Fsp3) is 0.333. The van der Waals surface area contributed by atoms with Crippen LogP contribution in [0.4, 0.5) is 5.82 Å². The van der Waals surface area contributed by atoms with E-state index in [0.29, 0.717) is 29.9 Å². The summed E-state index contributed by atoms with van der Waals surface area (Å²) in [7, 11) is 1.57. The molecule has 1 N–H and O–H groups in total. The predicted octanol–water partition coefficient (Wildman–Crippen LogP) is 1.32. The van der Waals surface area contributed by atoms with Gasteiger partial charge in [0, 0.05) is 13.2 Å². The number of hydrogen-bond donors (Lipinski definition) is 1. The third kappa shape index (κ3) is 3.21. The highest BCUT2D eigenvalue weighted by molar-refractivity contribution is 6.29. The van der Waals surface area contributed by atoms with Gasteiger partial charge in [0.25, 0.3) is 0 Å². The Balaban J connectivity index is 2.79. The summed E-state index contributed by atoms with van der Waals surface area (Å²) >= 11 is 5.77. The number of methoxy groups -OCH3 is 1. The fourth-order valence-electron chi connectivity index (χ4n) is 0.890. The van der Waals surface area contributed by atoms with E-state index in [2.05, 4.69) is 21.2 Å². The number of hydrogen-bond acceptors (Lipinski definition) is 4. The number of rotatable bonds is 4. The third-order valence-corrected chi connectivity index (χ3v) is 1.58. The zero-order valence-corrected chi connectivity index (χ0v) is 8.51. The minimum atomic E-state index is 0.325. The third-order valence-electron chi connectivity index (χ3n) is 1.39. The van der Waals surface area contributed by atoms with Gasteiger partial charge in [0.15, 0.2) is 5.82 Å². The molecule has 0 fully saturated rings. The molecule has 0 saturated heterocycles. The molecule has 0 unspecified atom stereocenters. The quantitative estimate of drug-likeness (QED) is 0.603. The molecular formula is C9H10ClN3O. The average Bonchev–Trinajstić information content (AvgIpc) is 2.14. The molecule has 1 aromatic heterocycles. The zero-order chi connectivity index (χ0) is 10.4. The maximum absolute atomic E-state index is 5.77. The van der Waals surface area contributed by atoms with Gasteiger partial charge >= 0.3 is 0 Å². The summed E-state index contributed by atoms with van der Waals surface area (Å²) in [6, 6.07) is 1.61. The number of terminal acetylenes is 1. The molecule has 0 bridgehead atoms. The lowest BCUT2D eigenvalue weighted by atomic mass is 10.5. The average molecular weight is 212 g/mol. The Morgan fingerprint density at radius 1 is 1.64 bits per heavy atom. The molecule has 0 saturated carbocycles. The molecule has 0 aliphatic rings.